The highest BCUT2D eigenvalue weighted by Gasteiger charge is 2.32. The van der Waals surface area contributed by atoms with Crippen LogP contribution in [0.5, 0.6) is 0 Å². The number of benzene rings is 2. The SMILES string of the molecule is Cc1cc(C)c(C)c(S(=O)(=O)NC(C)C(c2ccccc2)N2CCOCC2)c1C. The van der Waals surface area contributed by atoms with Gasteiger partial charge in [-0.15, -0.1) is 0 Å². The van der Waals surface area contributed by atoms with Crippen molar-refractivity contribution in [2.45, 2.75) is 51.6 Å². The van der Waals surface area contributed by atoms with Crippen LogP contribution >= 0.6 is 0 Å². The predicted octanol–water partition coefficient (Wildman–Crippen LogP) is 3.66. The molecule has 0 radical (unpaired) electrons. The van der Waals surface area contributed by atoms with Gasteiger partial charge in [-0.05, 0) is 62.4 Å². The third-order valence-electron chi connectivity index (χ3n) is 5.96. The Balaban J connectivity index is 1.96. The van der Waals surface area contributed by atoms with Crippen molar-refractivity contribution in [2.24, 2.45) is 0 Å². The quantitative estimate of drug-likeness (QED) is 0.781. The lowest BCUT2D eigenvalue weighted by Gasteiger charge is -2.38. The first kappa shape index (κ1) is 22.0. The first-order valence-corrected chi connectivity index (χ1v) is 11.7. The van der Waals surface area contributed by atoms with E-state index in [2.05, 4.69) is 21.8 Å². The molecule has 2 unspecified atom stereocenters. The van der Waals surface area contributed by atoms with Crippen LogP contribution in [0.2, 0.25) is 0 Å². The van der Waals surface area contributed by atoms with Gasteiger partial charge in [-0.3, -0.25) is 4.90 Å². The zero-order chi connectivity index (χ0) is 21.2. The first-order chi connectivity index (χ1) is 13.7. The van der Waals surface area contributed by atoms with Gasteiger partial charge in [0.05, 0.1) is 24.2 Å². The normalized spacial score (nSPS) is 17.8. The Morgan fingerprint density at radius 3 is 2.07 bits per heavy atom. The highest BCUT2D eigenvalue weighted by Crippen LogP contribution is 2.29. The van der Waals surface area contributed by atoms with Crippen LogP contribution < -0.4 is 4.72 Å². The molecular formula is C23H32N2O3S. The van der Waals surface area contributed by atoms with Crippen LogP contribution in [0.4, 0.5) is 0 Å². The maximum Gasteiger partial charge on any atom is 0.241 e. The Bertz CT molecular complexity index is 926. The second kappa shape index (κ2) is 8.96. The Morgan fingerprint density at radius 1 is 0.966 bits per heavy atom. The molecule has 2 aromatic carbocycles. The average Bonchev–Trinajstić information content (AvgIpc) is 2.68. The summed E-state index contributed by atoms with van der Waals surface area (Å²) in [6.45, 7) is 12.6. The molecule has 1 saturated heterocycles. The van der Waals surface area contributed by atoms with E-state index in [4.69, 9.17) is 4.74 Å². The van der Waals surface area contributed by atoms with Crippen molar-refractivity contribution in [1.29, 1.82) is 0 Å². The Morgan fingerprint density at radius 2 is 1.52 bits per heavy atom. The van der Waals surface area contributed by atoms with Crippen LogP contribution in [-0.2, 0) is 14.8 Å². The molecular weight excluding hydrogens is 384 g/mol. The van der Waals surface area contributed by atoms with E-state index in [0.29, 0.717) is 18.1 Å². The summed E-state index contributed by atoms with van der Waals surface area (Å²) < 4.78 is 35.4. The molecule has 6 heteroatoms. The second-order valence-electron chi connectivity index (χ2n) is 8.00. The van der Waals surface area contributed by atoms with Crippen LogP contribution in [-0.4, -0.2) is 45.7 Å². The minimum atomic E-state index is -3.67. The maximum atomic E-state index is 13.5. The molecule has 1 N–H and O–H groups in total. The van der Waals surface area contributed by atoms with Crippen molar-refractivity contribution < 1.29 is 13.2 Å². The summed E-state index contributed by atoms with van der Waals surface area (Å²) in [4.78, 5) is 2.73. The van der Waals surface area contributed by atoms with E-state index in [1.807, 2.05) is 58.9 Å². The number of nitrogens with zero attached hydrogens (tertiary/aromatic N) is 1. The lowest BCUT2D eigenvalue weighted by atomic mass is 9.99. The molecule has 29 heavy (non-hydrogen) atoms. The van der Waals surface area contributed by atoms with Crippen LogP contribution in [0, 0.1) is 27.7 Å². The molecule has 158 valence electrons. The molecule has 3 rings (SSSR count). The average molecular weight is 417 g/mol. The van der Waals surface area contributed by atoms with Gasteiger partial charge >= 0.3 is 0 Å². The largest absolute Gasteiger partial charge is 0.379 e. The first-order valence-electron chi connectivity index (χ1n) is 10.2. The summed E-state index contributed by atoms with van der Waals surface area (Å²) in [5.74, 6) is 0. The van der Waals surface area contributed by atoms with Gasteiger partial charge in [0.15, 0.2) is 0 Å². The minimum Gasteiger partial charge on any atom is -0.379 e. The van der Waals surface area contributed by atoms with Gasteiger partial charge in [-0.1, -0.05) is 36.4 Å². The van der Waals surface area contributed by atoms with Gasteiger partial charge in [0.2, 0.25) is 10.0 Å². The number of sulfonamides is 1. The van der Waals surface area contributed by atoms with Crippen molar-refractivity contribution in [2.75, 3.05) is 26.3 Å². The summed E-state index contributed by atoms with van der Waals surface area (Å²) in [7, 11) is -3.67. The third kappa shape index (κ3) is 4.72. The van der Waals surface area contributed by atoms with E-state index in [-0.39, 0.29) is 12.1 Å². The highest BCUT2D eigenvalue weighted by atomic mass is 32.2. The lowest BCUT2D eigenvalue weighted by molar-refractivity contribution is 0.0105. The predicted molar refractivity (Wildman–Crippen MR) is 117 cm³/mol. The van der Waals surface area contributed by atoms with Gasteiger partial charge in [0.25, 0.3) is 0 Å². The smallest absolute Gasteiger partial charge is 0.241 e. The molecule has 0 amide bonds. The number of hydrogen-bond donors (Lipinski definition) is 1. The van der Waals surface area contributed by atoms with E-state index in [1.54, 1.807) is 0 Å². The Labute approximate surface area is 175 Å². The fourth-order valence-corrected chi connectivity index (χ4v) is 6.14. The Hall–Kier alpha value is -1.73. The minimum absolute atomic E-state index is 0.0543. The molecule has 2 aromatic rings. The summed E-state index contributed by atoms with van der Waals surface area (Å²) >= 11 is 0. The van der Waals surface area contributed by atoms with E-state index in [9.17, 15) is 8.42 Å². The highest BCUT2D eigenvalue weighted by molar-refractivity contribution is 7.89. The topological polar surface area (TPSA) is 58.6 Å². The van der Waals surface area contributed by atoms with Crippen LogP contribution in [0.1, 0.15) is 40.8 Å². The molecule has 2 atom stereocenters. The molecule has 0 aliphatic carbocycles. The Kier molecular flexibility index (Phi) is 6.79. The third-order valence-corrected chi connectivity index (χ3v) is 7.79. The summed E-state index contributed by atoms with van der Waals surface area (Å²) in [5, 5.41) is 0. The molecule has 5 nitrogen and oxygen atoms in total. The molecule has 0 saturated carbocycles. The van der Waals surface area contributed by atoms with Crippen molar-refractivity contribution in [3.8, 4) is 0 Å². The van der Waals surface area contributed by atoms with Crippen LogP contribution in [0.3, 0.4) is 0 Å². The van der Waals surface area contributed by atoms with Crippen LogP contribution in [0.25, 0.3) is 0 Å². The molecule has 1 aliphatic rings. The van der Waals surface area contributed by atoms with E-state index in [0.717, 1.165) is 40.9 Å². The molecule has 0 spiro atoms. The molecule has 1 aliphatic heterocycles. The zero-order valence-corrected chi connectivity index (χ0v) is 18.8. The number of ether oxygens (including phenoxy) is 1. The summed E-state index contributed by atoms with van der Waals surface area (Å²) in [6.07, 6.45) is 0. The number of morpholine rings is 1. The fourth-order valence-electron chi connectivity index (χ4n) is 4.27. The molecule has 0 aromatic heterocycles. The summed E-state index contributed by atoms with van der Waals surface area (Å²) in [5.41, 5.74) is 4.73. The van der Waals surface area contributed by atoms with Gasteiger partial charge in [-0.2, -0.15) is 0 Å². The number of nitrogens with one attached hydrogen (secondary N) is 1. The maximum absolute atomic E-state index is 13.5. The van der Waals surface area contributed by atoms with Gasteiger partial charge in [0.1, 0.15) is 0 Å². The standard InChI is InChI=1S/C23H32N2O3S/c1-16-15-17(2)19(4)23(18(16)3)29(26,27)24-20(5)22(21-9-7-6-8-10-21)25-11-13-28-14-12-25/h6-10,15,20,22,24H,11-14H2,1-5H3. The van der Waals surface area contributed by atoms with E-state index < -0.39 is 10.0 Å². The van der Waals surface area contributed by atoms with Crippen molar-refractivity contribution >= 4 is 10.0 Å². The van der Waals surface area contributed by atoms with Crippen molar-refractivity contribution in [1.82, 2.24) is 9.62 Å². The lowest BCUT2D eigenvalue weighted by Crippen LogP contribution is -2.48. The zero-order valence-electron chi connectivity index (χ0n) is 18.0. The number of hydrogen-bond acceptors (Lipinski definition) is 4. The van der Waals surface area contributed by atoms with Crippen molar-refractivity contribution in [3.05, 3.63) is 64.2 Å². The second-order valence-corrected chi connectivity index (χ2v) is 9.65. The molecule has 1 heterocycles. The van der Waals surface area contributed by atoms with E-state index in [1.165, 1.54) is 0 Å². The monoisotopic (exact) mass is 416 g/mol. The van der Waals surface area contributed by atoms with Gasteiger partial charge in [0, 0.05) is 19.1 Å². The molecule has 0 bridgehead atoms. The summed E-state index contributed by atoms with van der Waals surface area (Å²) in [6, 6.07) is 11.8. The molecule has 1 fully saturated rings. The van der Waals surface area contributed by atoms with Crippen LogP contribution in [0.15, 0.2) is 41.3 Å². The number of rotatable bonds is 6. The fraction of sp³-hybridized carbons (Fsp3) is 0.478. The van der Waals surface area contributed by atoms with Gasteiger partial charge in [-0.25, -0.2) is 13.1 Å². The van der Waals surface area contributed by atoms with Gasteiger partial charge < -0.3 is 4.74 Å². The van der Waals surface area contributed by atoms with E-state index >= 15 is 0 Å². The van der Waals surface area contributed by atoms with Crippen molar-refractivity contribution in [3.63, 3.8) is 0 Å². The number of aryl methyl sites for hydroxylation is 2.